The van der Waals surface area contributed by atoms with Gasteiger partial charge in [-0.1, -0.05) is 0 Å². The van der Waals surface area contributed by atoms with Crippen molar-refractivity contribution in [2.75, 3.05) is 19.6 Å². The molecule has 1 aromatic carbocycles. The summed E-state index contributed by atoms with van der Waals surface area (Å²) in [7, 11) is 1.77. The summed E-state index contributed by atoms with van der Waals surface area (Å²) in [6.07, 6.45) is 6.45. The Morgan fingerprint density at radius 1 is 1.13 bits per heavy atom. The Morgan fingerprint density at radius 2 is 1.84 bits per heavy atom. The Labute approximate surface area is 179 Å². The third-order valence-electron chi connectivity index (χ3n) is 5.73. The Hall–Kier alpha value is -3.49. The number of likely N-dealkylation sites (tertiary alicyclic amines) is 1. The van der Waals surface area contributed by atoms with Gasteiger partial charge in [0.2, 0.25) is 0 Å². The molecule has 1 N–H and O–H groups in total. The van der Waals surface area contributed by atoms with E-state index < -0.39 is 0 Å². The minimum atomic E-state index is -0.315. The molecule has 0 unspecified atom stereocenters. The number of carbonyl (C=O) groups excluding carboxylic acids is 2. The summed E-state index contributed by atoms with van der Waals surface area (Å²) in [5.74, 6) is -0.170. The van der Waals surface area contributed by atoms with E-state index in [4.69, 9.17) is 0 Å². The highest BCUT2D eigenvalue weighted by Crippen LogP contribution is 2.21. The number of aryl methyl sites for hydroxylation is 1. The van der Waals surface area contributed by atoms with Crippen molar-refractivity contribution < 1.29 is 14.0 Å². The predicted molar refractivity (Wildman–Crippen MR) is 112 cm³/mol. The van der Waals surface area contributed by atoms with Crippen LogP contribution in [0.5, 0.6) is 0 Å². The van der Waals surface area contributed by atoms with Crippen molar-refractivity contribution in [2.45, 2.75) is 19.8 Å². The zero-order chi connectivity index (χ0) is 22.0. The molecule has 1 aliphatic rings. The maximum Gasteiger partial charge on any atom is 0.257 e. The number of hydrogen-bond acceptors (Lipinski definition) is 4. The summed E-state index contributed by atoms with van der Waals surface area (Å²) in [5, 5.41) is 11.3. The molecule has 0 atom stereocenters. The first kappa shape index (κ1) is 20.8. The lowest BCUT2D eigenvalue weighted by atomic mass is 9.96. The molecule has 2 aromatic heterocycles. The van der Waals surface area contributed by atoms with Gasteiger partial charge in [0.1, 0.15) is 5.82 Å². The van der Waals surface area contributed by atoms with E-state index >= 15 is 0 Å². The molecule has 8 nitrogen and oxygen atoms in total. The molecule has 9 heteroatoms. The standard InChI is InChI=1S/C22H25FN6O2/c1-15-20(13-26-29(15)19-5-3-18(23)4-6-19)22(31)28-9-7-16(8-10-28)11-24-21(30)17-12-25-27(2)14-17/h3-6,12-14,16H,7-11H2,1-2H3,(H,24,30). The van der Waals surface area contributed by atoms with Gasteiger partial charge in [-0.05, 0) is 49.9 Å². The highest BCUT2D eigenvalue weighted by molar-refractivity contribution is 5.95. The van der Waals surface area contributed by atoms with Gasteiger partial charge in [-0.25, -0.2) is 9.07 Å². The van der Waals surface area contributed by atoms with E-state index in [0.717, 1.165) is 18.5 Å². The van der Waals surface area contributed by atoms with Crippen molar-refractivity contribution in [2.24, 2.45) is 13.0 Å². The van der Waals surface area contributed by atoms with Crippen LogP contribution in [0.15, 0.2) is 42.9 Å². The zero-order valence-corrected chi connectivity index (χ0v) is 17.6. The van der Waals surface area contributed by atoms with Crippen LogP contribution in [0.1, 0.15) is 39.3 Å². The van der Waals surface area contributed by atoms with Gasteiger partial charge < -0.3 is 10.2 Å². The first-order chi connectivity index (χ1) is 14.9. The van der Waals surface area contributed by atoms with Gasteiger partial charge in [0.15, 0.2) is 0 Å². The second-order valence-electron chi connectivity index (χ2n) is 7.88. The third kappa shape index (κ3) is 4.50. The molecule has 162 valence electrons. The van der Waals surface area contributed by atoms with E-state index in [2.05, 4.69) is 15.5 Å². The Bertz CT molecular complexity index is 1080. The number of amides is 2. The molecule has 31 heavy (non-hydrogen) atoms. The smallest absolute Gasteiger partial charge is 0.257 e. The van der Waals surface area contributed by atoms with Crippen LogP contribution in [-0.2, 0) is 7.05 Å². The summed E-state index contributed by atoms with van der Waals surface area (Å²) in [4.78, 5) is 27.0. The number of piperidine rings is 1. The number of aromatic nitrogens is 4. The molecule has 2 amide bonds. The first-order valence-corrected chi connectivity index (χ1v) is 10.3. The molecule has 0 aliphatic carbocycles. The van der Waals surface area contributed by atoms with Crippen molar-refractivity contribution in [3.8, 4) is 5.69 Å². The van der Waals surface area contributed by atoms with Crippen LogP contribution in [0.4, 0.5) is 4.39 Å². The summed E-state index contributed by atoms with van der Waals surface area (Å²) in [6, 6.07) is 6.01. The fourth-order valence-corrected chi connectivity index (χ4v) is 3.85. The fraction of sp³-hybridized carbons (Fsp3) is 0.364. The maximum atomic E-state index is 13.2. The van der Waals surface area contributed by atoms with Crippen molar-refractivity contribution in [3.05, 3.63) is 65.5 Å². The Morgan fingerprint density at radius 3 is 2.48 bits per heavy atom. The molecular weight excluding hydrogens is 399 g/mol. The van der Waals surface area contributed by atoms with Gasteiger partial charge in [0.05, 0.1) is 34.9 Å². The first-order valence-electron chi connectivity index (χ1n) is 10.3. The van der Waals surface area contributed by atoms with E-state index in [1.54, 1.807) is 47.1 Å². The lowest BCUT2D eigenvalue weighted by Gasteiger charge is -2.32. The fourth-order valence-electron chi connectivity index (χ4n) is 3.85. The van der Waals surface area contributed by atoms with Crippen LogP contribution in [-0.4, -0.2) is 55.9 Å². The van der Waals surface area contributed by atoms with Crippen molar-refractivity contribution >= 4 is 11.8 Å². The Balaban J connectivity index is 1.32. The van der Waals surface area contributed by atoms with Gasteiger partial charge in [-0.2, -0.15) is 10.2 Å². The number of benzene rings is 1. The minimum absolute atomic E-state index is 0.0521. The maximum absolute atomic E-state index is 13.2. The van der Waals surface area contributed by atoms with Crippen molar-refractivity contribution in [3.63, 3.8) is 0 Å². The van der Waals surface area contributed by atoms with Gasteiger partial charge >= 0.3 is 0 Å². The largest absolute Gasteiger partial charge is 0.352 e. The molecule has 0 saturated carbocycles. The molecule has 0 radical (unpaired) electrons. The highest BCUT2D eigenvalue weighted by atomic mass is 19.1. The van der Waals surface area contributed by atoms with Crippen molar-refractivity contribution in [1.29, 1.82) is 0 Å². The van der Waals surface area contributed by atoms with Crippen molar-refractivity contribution in [1.82, 2.24) is 29.8 Å². The zero-order valence-electron chi connectivity index (χ0n) is 17.6. The summed E-state index contributed by atoms with van der Waals surface area (Å²) < 4.78 is 16.4. The van der Waals surface area contributed by atoms with Gasteiger partial charge in [0.25, 0.3) is 11.8 Å². The van der Waals surface area contributed by atoms with Gasteiger partial charge in [-0.15, -0.1) is 0 Å². The molecule has 1 aliphatic heterocycles. The molecule has 1 saturated heterocycles. The second-order valence-corrected chi connectivity index (χ2v) is 7.88. The van der Waals surface area contributed by atoms with Gasteiger partial charge in [-0.3, -0.25) is 14.3 Å². The number of rotatable bonds is 5. The number of hydrogen-bond donors (Lipinski definition) is 1. The molecule has 3 heterocycles. The SMILES string of the molecule is Cc1c(C(=O)N2CCC(CNC(=O)c3cnn(C)c3)CC2)cnn1-c1ccc(F)cc1. The van der Waals surface area contributed by atoms with E-state index in [1.807, 2.05) is 11.8 Å². The monoisotopic (exact) mass is 424 g/mol. The van der Waals surface area contributed by atoms with E-state index in [0.29, 0.717) is 42.4 Å². The van der Waals surface area contributed by atoms with E-state index in [1.165, 1.54) is 12.1 Å². The van der Waals surface area contributed by atoms with Crippen LogP contribution in [0.2, 0.25) is 0 Å². The molecule has 3 aromatic rings. The molecule has 4 rings (SSSR count). The number of nitrogens with zero attached hydrogens (tertiary/aromatic N) is 5. The highest BCUT2D eigenvalue weighted by Gasteiger charge is 2.26. The van der Waals surface area contributed by atoms with E-state index in [9.17, 15) is 14.0 Å². The normalized spacial score (nSPS) is 14.6. The molecule has 1 fully saturated rings. The summed E-state index contributed by atoms with van der Waals surface area (Å²) in [6.45, 7) is 3.68. The van der Waals surface area contributed by atoms with Gasteiger partial charge in [0, 0.05) is 32.9 Å². The average molecular weight is 424 g/mol. The number of halogens is 1. The third-order valence-corrected chi connectivity index (χ3v) is 5.73. The topological polar surface area (TPSA) is 85.1 Å². The number of carbonyl (C=O) groups is 2. The molecule has 0 spiro atoms. The van der Waals surface area contributed by atoms with E-state index in [-0.39, 0.29) is 17.6 Å². The quantitative estimate of drug-likeness (QED) is 0.681. The number of nitrogens with one attached hydrogen (secondary N) is 1. The molecular formula is C22H25FN6O2. The lowest BCUT2D eigenvalue weighted by molar-refractivity contribution is 0.0683. The van der Waals surface area contributed by atoms with Crippen LogP contribution in [0, 0.1) is 18.7 Å². The van der Waals surface area contributed by atoms with Crippen LogP contribution in [0.25, 0.3) is 5.69 Å². The second kappa shape index (κ2) is 8.71. The summed E-state index contributed by atoms with van der Waals surface area (Å²) >= 11 is 0. The predicted octanol–water partition coefficient (Wildman–Crippen LogP) is 2.34. The lowest BCUT2D eigenvalue weighted by Crippen LogP contribution is -2.41. The average Bonchev–Trinajstić information content (AvgIpc) is 3.38. The van der Waals surface area contributed by atoms with Crippen LogP contribution >= 0.6 is 0 Å². The van der Waals surface area contributed by atoms with Crippen LogP contribution in [0.3, 0.4) is 0 Å². The Kier molecular flexibility index (Phi) is 5.83. The van der Waals surface area contributed by atoms with Crippen LogP contribution < -0.4 is 5.32 Å². The molecule has 0 bridgehead atoms. The minimum Gasteiger partial charge on any atom is -0.352 e. The summed E-state index contributed by atoms with van der Waals surface area (Å²) in [5.41, 5.74) is 2.53.